The highest BCUT2D eigenvalue weighted by molar-refractivity contribution is 14.3. The van der Waals surface area contributed by atoms with Crippen molar-refractivity contribution < 1.29 is 9.15 Å². The van der Waals surface area contributed by atoms with Gasteiger partial charge in [0, 0.05) is 5.02 Å². The second kappa shape index (κ2) is 7.53. The van der Waals surface area contributed by atoms with Crippen molar-refractivity contribution in [1.82, 2.24) is 4.98 Å². The second-order valence-electron chi connectivity index (χ2n) is 3.36. The predicted octanol–water partition coefficient (Wildman–Crippen LogP) is 5.68. The lowest BCUT2D eigenvalue weighted by Gasteiger charge is -2.07. The summed E-state index contributed by atoms with van der Waals surface area (Å²) in [6, 6.07) is 5.12. The van der Waals surface area contributed by atoms with Gasteiger partial charge >= 0.3 is 0 Å². The molecule has 0 unspecified atom stereocenters. The number of oxazole rings is 1. The molecular weight excluding hydrogens is 532 g/mol. The van der Waals surface area contributed by atoms with E-state index in [1.165, 1.54) is 0 Å². The van der Waals surface area contributed by atoms with Crippen LogP contribution in [0.1, 0.15) is 5.76 Å². The van der Waals surface area contributed by atoms with Crippen molar-refractivity contribution in [3.8, 4) is 5.75 Å². The van der Waals surface area contributed by atoms with Crippen LogP contribution >= 0.6 is 69.5 Å². The van der Waals surface area contributed by atoms with Crippen molar-refractivity contribution in [2.24, 2.45) is 0 Å². The van der Waals surface area contributed by atoms with Gasteiger partial charge in [-0.1, -0.05) is 11.6 Å². The van der Waals surface area contributed by atoms with Crippen LogP contribution in [0.15, 0.2) is 34.0 Å². The monoisotopic (exact) mass is 540 g/mol. The average molecular weight is 540 g/mol. The van der Waals surface area contributed by atoms with Gasteiger partial charge in [0.2, 0.25) is 0 Å². The molecule has 4 nitrogen and oxygen atoms in total. The molecule has 1 aromatic carbocycles. The molecule has 0 aliphatic carbocycles. The minimum absolute atomic E-state index is 0.200. The van der Waals surface area contributed by atoms with Crippen molar-refractivity contribution in [1.29, 1.82) is 0 Å². The summed E-state index contributed by atoms with van der Waals surface area (Å²) in [7, 11) is 0. The number of nitrogens with two attached hydrogens (primary N) is 1. The van der Waals surface area contributed by atoms with Crippen molar-refractivity contribution >= 4 is 75.2 Å². The fourth-order valence-electron chi connectivity index (χ4n) is 1.26. The van der Waals surface area contributed by atoms with Gasteiger partial charge in [-0.15, -0.1) is 0 Å². The van der Waals surface area contributed by atoms with Crippen molar-refractivity contribution in [2.75, 3.05) is 5.73 Å². The van der Waals surface area contributed by atoms with Crippen LogP contribution < -0.4 is 10.5 Å². The zero-order valence-corrected chi connectivity index (χ0v) is 16.1. The van der Waals surface area contributed by atoms with E-state index in [2.05, 4.69) is 49.1 Å². The molecule has 2 N–H and O–H groups in total. The van der Waals surface area contributed by atoms with Crippen LogP contribution in [-0.4, -0.2) is 4.98 Å². The molecule has 0 bridgehead atoms. The number of halogens is 3. The molecule has 2 rings (SSSR count). The van der Waals surface area contributed by atoms with Gasteiger partial charge in [0.05, 0.1) is 14.3 Å². The van der Waals surface area contributed by atoms with E-state index >= 15 is 0 Å². The number of nitrogens with zero attached hydrogens (tertiary/aromatic N) is 1. The lowest BCUT2D eigenvalue weighted by atomic mass is 10.3. The first-order valence-corrected chi connectivity index (χ1v) is 13.7. The lowest BCUT2D eigenvalue weighted by molar-refractivity contribution is 0.259. The van der Waals surface area contributed by atoms with E-state index in [-0.39, 0.29) is 2.41 Å². The van der Waals surface area contributed by atoms with E-state index in [0.717, 1.165) is 0 Å². The van der Waals surface area contributed by atoms with Gasteiger partial charge < -0.3 is 14.9 Å². The summed E-state index contributed by atoms with van der Waals surface area (Å²) in [5.41, 5.74) is 6.30. The summed E-state index contributed by atoms with van der Waals surface area (Å²) in [6.45, 7) is 0.291. The molecule has 0 saturated heterocycles. The normalized spacial score (nSPS) is 10.9. The Morgan fingerprint density at radius 2 is 2.26 bits per heavy atom. The fraction of sp³-hybridized carbons (Fsp3) is 0.100. The Kier molecular flexibility index (Phi) is 6.32. The van der Waals surface area contributed by atoms with E-state index in [0.29, 0.717) is 34.0 Å². The van der Waals surface area contributed by atoms with E-state index < -0.39 is 0 Å². The predicted molar refractivity (Wildman–Crippen MR) is 97.5 cm³/mol. The summed E-state index contributed by atoms with van der Waals surface area (Å²) in [5, 5.41) is 1.25. The molecule has 0 aliphatic rings. The van der Waals surface area contributed by atoms with Crippen LogP contribution in [0.2, 0.25) is 5.02 Å². The average Bonchev–Trinajstić information content (AvgIpc) is 2.74. The third-order valence-corrected chi connectivity index (χ3v) is 7.17. The fourth-order valence-corrected chi connectivity index (χ4v) is 5.44. The van der Waals surface area contributed by atoms with Gasteiger partial charge in [-0.3, -0.25) is 0 Å². The maximum Gasteiger partial charge on any atom is 0.261 e. The van der Waals surface area contributed by atoms with Gasteiger partial charge in [0.15, 0.2) is 5.76 Å². The van der Waals surface area contributed by atoms with E-state index in [4.69, 9.17) is 26.5 Å². The van der Waals surface area contributed by atoms with Crippen molar-refractivity contribution in [3.05, 3.63) is 35.2 Å². The zero-order chi connectivity index (χ0) is 13.8. The minimum Gasteiger partial charge on any atom is -0.483 e. The number of nitrogen functional groups attached to an aromatic ring is 1. The maximum atomic E-state index is 5.82. The molecule has 1 heterocycles. The summed E-state index contributed by atoms with van der Waals surface area (Å²) in [5.74, 6) is 1.25. The van der Waals surface area contributed by atoms with E-state index in [1.54, 1.807) is 35.8 Å². The number of benzene rings is 1. The molecule has 0 saturated carbocycles. The van der Waals surface area contributed by atoms with Crippen LogP contribution in [0.3, 0.4) is 0 Å². The summed E-state index contributed by atoms with van der Waals surface area (Å²) in [6.07, 6.45) is 1.67. The van der Waals surface area contributed by atoms with E-state index in [9.17, 15) is 0 Å². The SMILES string of the molecule is Nc1cc(Cl)ccc1OCc1cnc(SP(I)I)o1. The zero-order valence-electron chi connectivity index (χ0n) is 9.35. The van der Waals surface area contributed by atoms with Gasteiger partial charge in [0.1, 0.15) is 12.4 Å². The Balaban J connectivity index is 1.96. The molecule has 2 aromatic rings. The van der Waals surface area contributed by atoms with Gasteiger partial charge in [0.25, 0.3) is 5.22 Å². The van der Waals surface area contributed by atoms with Crippen LogP contribution in [0.25, 0.3) is 0 Å². The highest BCUT2D eigenvalue weighted by Crippen LogP contribution is 2.66. The van der Waals surface area contributed by atoms with Gasteiger partial charge in [-0.2, -0.15) is 0 Å². The highest BCUT2D eigenvalue weighted by Gasteiger charge is 2.10. The molecule has 1 aromatic heterocycles. The van der Waals surface area contributed by atoms with Crippen LogP contribution in [0.5, 0.6) is 5.75 Å². The number of anilines is 1. The summed E-state index contributed by atoms with van der Waals surface area (Å²) < 4.78 is 10.9. The van der Waals surface area contributed by atoms with Crippen molar-refractivity contribution in [3.63, 3.8) is 0 Å². The summed E-state index contributed by atoms with van der Waals surface area (Å²) >= 11 is 12.1. The largest absolute Gasteiger partial charge is 0.483 e. The number of hydrogen-bond acceptors (Lipinski definition) is 5. The van der Waals surface area contributed by atoms with Crippen LogP contribution in [0, 0.1) is 0 Å². The van der Waals surface area contributed by atoms with E-state index in [1.807, 2.05) is 0 Å². The number of rotatable bonds is 5. The molecule has 102 valence electrons. The molecule has 0 spiro atoms. The number of hydrogen-bond donors (Lipinski definition) is 1. The molecule has 19 heavy (non-hydrogen) atoms. The van der Waals surface area contributed by atoms with Gasteiger partial charge in [-0.05, 0) is 73.7 Å². The highest BCUT2D eigenvalue weighted by atomic mass is 127. The first-order valence-electron chi connectivity index (χ1n) is 4.97. The third kappa shape index (κ3) is 5.11. The molecule has 0 fully saturated rings. The summed E-state index contributed by atoms with van der Waals surface area (Å²) in [4.78, 5) is 4.18. The Hall–Kier alpha value is 0.560. The standard InChI is InChI=1S/C10H8ClI2N2O2PS/c11-6-1-2-9(8(14)3-6)16-5-7-4-15-10(17-7)19-18(12)13/h1-4H,5,14H2. The molecule has 0 radical (unpaired) electrons. The lowest BCUT2D eigenvalue weighted by Crippen LogP contribution is -1.97. The maximum absolute atomic E-state index is 5.82. The second-order valence-corrected chi connectivity index (χ2v) is 21.6. The first kappa shape index (κ1) is 15.9. The first-order chi connectivity index (χ1) is 9.04. The molecule has 9 heteroatoms. The Bertz CT molecular complexity index is 570. The quantitative estimate of drug-likeness (QED) is 0.301. The van der Waals surface area contributed by atoms with Crippen molar-refractivity contribution in [2.45, 2.75) is 11.8 Å². The molecule has 0 amide bonds. The number of ether oxygens (including phenoxy) is 1. The number of aromatic nitrogens is 1. The molecule has 0 aliphatic heterocycles. The minimum atomic E-state index is -0.200. The topological polar surface area (TPSA) is 61.3 Å². The Morgan fingerprint density at radius 3 is 2.95 bits per heavy atom. The smallest absolute Gasteiger partial charge is 0.261 e. The van der Waals surface area contributed by atoms with Crippen LogP contribution in [0.4, 0.5) is 5.69 Å². The molecule has 0 atom stereocenters. The molecular formula is C10H8ClI2N2O2PS. The Labute approximate surface area is 146 Å². The van der Waals surface area contributed by atoms with Gasteiger partial charge in [-0.25, -0.2) is 4.98 Å². The third-order valence-electron chi connectivity index (χ3n) is 2.02. The van der Waals surface area contributed by atoms with Crippen LogP contribution in [-0.2, 0) is 6.61 Å². The Morgan fingerprint density at radius 1 is 1.47 bits per heavy atom.